The Morgan fingerprint density at radius 3 is 2.88 bits per heavy atom. The molecule has 17 heavy (non-hydrogen) atoms. The zero-order valence-electron chi connectivity index (χ0n) is 10.7. The van der Waals surface area contributed by atoms with Crippen molar-refractivity contribution in [3.63, 3.8) is 0 Å². The number of nitrogens with two attached hydrogens (primary N) is 1. The van der Waals surface area contributed by atoms with Crippen LogP contribution in [-0.4, -0.2) is 24.8 Å². The Morgan fingerprint density at radius 2 is 2.24 bits per heavy atom. The van der Waals surface area contributed by atoms with Crippen LogP contribution in [0.1, 0.15) is 19.4 Å². The van der Waals surface area contributed by atoms with Crippen LogP contribution in [0.4, 0.5) is 11.4 Å². The van der Waals surface area contributed by atoms with Gasteiger partial charge >= 0.3 is 0 Å². The van der Waals surface area contributed by atoms with Crippen LogP contribution in [0.15, 0.2) is 18.2 Å². The highest BCUT2D eigenvalue weighted by Crippen LogP contribution is 2.33. The standard InChI is InChI=1S/C14H22N2O/c1-10(2)12-7-11-3-4-13(15)8-14(11)16(9-12)5-6-17/h3-4,8,10,12,17H,5-7,9,15H2,1-2H3. The van der Waals surface area contributed by atoms with Gasteiger partial charge in [0.05, 0.1) is 6.61 Å². The molecule has 1 atom stereocenters. The molecule has 0 saturated heterocycles. The average Bonchev–Trinajstić information content (AvgIpc) is 2.29. The van der Waals surface area contributed by atoms with Crippen molar-refractivity contribution >= 4 is 11.4 Å². The van der Waals surface area contributed by atoms with E-state index in [0.717, 1.165) is 18.7 Å². The predicted molar refractivity (Wildman–Crippen MR) is 72.2 cm³/mol. The van der Waals surface area contributed by atoms with Gasteiger partial charge in [-0.2, -0.15) is 0 Å². The fourth-order valence-corrected chi connectivity index (χ4v) is 2.56. The van der Waals surface area contributed by atoms with Gasteiger partial charge in [-0.3, -0.25) is 0 Å². The number of rotatable bonds is 3. The van der Waals surface area contributed by atoms with Gasteiger partial charge in [-0.05, 0) is 36.0 Å². The van der Waals surface area contributed by atoms with Gasteiger partial charge in [0.1, 0.15) is 0 Å². The van der Waals surface area contributed by atoms with E-state index in [4.69, 9.17) is 10.8 Å². The first-order valence-electron chi connectivity index (χ1n) is 6.36. The Kier molecular flexibility index (Phi) is 3.57. The smallest absolute Gasteiger partial charge is 0.0606 e. The molecule has 3 nitrogen and oxygen atoms in total. The van der Waals surface area contributed by atoms with Crippen molar-refractivity contribution in [1.82, 2.24) is 0 Å². The van der Waals surface area contributed by atoms with Gasteiger partial charge in [-0.1, -0.05) is 19.9 Å². The quantitative estimate of drug-likeness (QED) is 0.785. The average molecular weight is 234 g/mol. The first kappa shape index (κ1) is 12.2. The summed E-state index contributed by atoms with van der Waals surface area (Å²) in [5.74, 6) is 1.33. The lowest BCUT2D eigenvalue weighted by Crippen LogP contribution is -2.39. The highest BCUT2D eigenvalue weighted by atomic mass is 16.3. The molecule has 1 aromatic carbocycles. The maximum Gasteiger partial charge on any atom is 0.0606 e. The van der Waals surface area contributed by atoms with Crippen LogP contribution in [0.25, 0.3) is 0 Å². The maximum absolute atomic E-state index is 9.17. The Bertz CT molecular complexity index is 390. The molecule has 0 aromatic heterocycles. The third kappa shape index (κ3) is 2.55. The number of aliphatic hydroxyl groups excluding tert-OH is 1. The zero-order valence-corrected chi connectivity index (χ0v) is 10.7. The van der Waals surface area contributed by atoms with Gasteiger partial charge < -0.3 is 15.7 Å². The number of hydrogen-bond acceptors (Lipinski definition) is 3. The van der Waals surface area contributed by atoms with Gasteiger partial charge in [-0.15, -0.1) is 0 Å². The fourth-order valence-electron chi connectivity index (χ4n) is 2.56. The molecule has 0 bridgehead atoms. The second-order valence-corrected chi connectivity index (χ2v) is 5.27. The topological polar surface area (TPSA) is 49.5 Å². The highest BCUT2D eigenvalue weighted by Gasteiger charge is 2.26. The van der Waals surface area contributed by atoms with Crippen molar-refractivity contribution in [3.05, 3.63) is 23.8 Å². The van der Waals surface area contributed by atoms with Gasteiger partial charge in [-0.25, -0.2) is 0 Å². The van der Waals surface area contributed by atoms with Crippen LogP contribution >= 0.6 is 0 Å². The molecule has 1 unspecified atom stereocenters. The fraction of sp³-hybridized carbons (Fsp3) is 0.571. The molecule has 2 rings (SSSR count). The monoisotopic (exact) mass is 234 g/mol. The van der Waals surface area contributed by atoms with E-state index in [1.807, 2.05) is 12.1 Å². The summed E-state index contributed by atoms with van der Waals surface area (Å²) in [6.45, 7) is 6.45. The molecule has 0 fully saturated rings. The highest BCUT2D eigenvalue weighted by molar-refractivity contribution is 5.62. The van der Waals surface area contributed by atoms with E-state index < -0.39 is 0 Å². The molecule has 94 valence electrons. The van der Waals surface area contributed by atoms with Gasteiger partial charge in [0.15, 0.2) is 0 Å². The molecule has 3 heteroatoms. The summed E-state index contributed by atoms with van der Waals surface area (Å²) >= 11 is 0. The Morgan fingerprint density at radius 1 is 1.47 bits per heavy atom. The number of β-amino-alcohol motifs (C(OH)–C–C–N with tert-alkyl or cyclic N) is 1. The summed E-state index contributed by atoms with van der Waals surface area (Å²) in [4.78, 5) is 2.26. The Labute approximate surface area is 103 Å². The van der Waals surface area contributed by atoms with E-state index >= 15 is 0 Å². The summed E-state index contributed by atoms with van der Waals surface area (Å²) in [5, 5.41) is 9.17. The second kappa shape index (κ2) is 4.96. The van der Waals surface area contributed by atoms with Crippen molar-refractivity contribution in [2.45, 2.75) is 20.3 Å². The largest absolute Gasteiger partial charge is 0.399 e. The molecular formula is C14H22N2O. The third-order valence-electron chi connectivity index (χ3n) is 3.70. The van der Waals surface area contributed by atoms with E-state index in [0.29, 0.717) is 18.4 Å². The van der Waals surface area contributed by atoms with E-state index in [2.05, 4.69) is 24.8 Å². The Balaban J connectivity index is 2.31. The minimum absolute atomic E-state index is 0.194. The van der Waals surface area contributed by atoms with E-state index in [-0.39, 0.29) is 6.61 Å². The van der Waals surface area contributed by atoms with Crippen molar-refractivity contribution in [2.24, 2.45) is 11.8 Å². The number of benzene rings is 1. The van der Waals surface area contributed by atoms with Crippen LogP contribution in [0, 0.1) is 11.8 Å². The predicted octanol–water partition coefficient (Wildman–Crippen LogP) is 1.90. The summed E-state index contributed by atoms with van der Waals surface area (Å²) in [6, 6.07) is 6.13. The lowest BCUT2D eigenvalue weighted by Gasteiger charge is -2.37. The number of hydrogen-bond donors (Lipinski definition) is 2. The van der Waals surface area contributed by atoms with Crippen LogP contribution in [0.2, 0.25) is 0 Å². The molecule has 1 aliphatic heterocycles. The van der Waals surface area contributed by atoms with Crippen molar-refractivity contribution in [3.8, 4) is 0 Å². The lowest BCUT2D eigenvalue weighted by atomic mass is 9.84. The summed E-state index contributed by atoms with van der Waals surface area (Å²) < 4.78 is 0. The maximum atomic E-state index is 9.17. The summed E-state index contributed by atoms with van der Waals surface area (Å²) in [5.41, 5.74) is 9.21. The third-order valence-corrected chi connectivity index (χ3v) is 3.70. The summed E-state index contributed by atoms with van der Waals surface area (Å²) in [7, 11) is 0. The minimum atomic E-state index is 0.194. The molecule has 0 spiro atoms. The second-order valence-electron chi connectivity index (χ2n) is 5.27. The molecule has 0 amide bonds. The molecule has 1 aliphatic rings. The molecular weight excluding hydrogens is 212 g/mol. The molecule has 0 aliphatic carbocycles. The molecule has 1 aromatic rings. The summed E-state index contributed by atoms with van der Waals surface area (Å²) in [6.07, 6.45) is 1.12. The van der Waals surface area contributed by atoms with E-state index in [9.17, 15) is 0 Å². The minimum Gasteiger partial charge on any atom is -0.399 e. The zero-order chi connectivity index (χ0) is 12.4. The molecule has 1 heterocycles. The van der Waals surface area contributed by atoms with Gasteiger partial charge in [0, 0.05) is 24.5 Å². The van der Waals surface area contributed by atoms with Gasteiger partial charge in [0.2, 0.25) is 0 Å². The number of nitrogen functional groups attached to an aromatic ring is 1. The first-order valence-corrected chi connectivity index (χ1v) is 6.36. The van der Waals surface area contributed by atoms with Crippen LogP contribution in [0.3, 0.4) is 0 Å². The number of fused-ring (bicyclic) bond motifs is 1. The number of aliphatic hydroxyl groups is 1. The normalized spacial score (nSPS) is 19.5. The molecule has 3 N–H and O–H groups in total. The van der Waals surface area contributed by atoms with E-state index in [1.54, 1.807) is 0 Å². The van der Waals surface area contributed by atoms with Crippen molar-refractivity contribution in [1.29, 1.82) is 0 Å². The Hall–Kier alpha value is -1.22. The molecule has 0 saturated carbocycles. The lowest BCUT2D eigenvalue weighted by molar-refractivity contribution is 0.290. The number of nitrogens with zero attached hydrogens (tertiary/aromatic N) is 1. The van der Waals surface area contributed by atoms with Gasteiger partial charge in [0.25, 0.3) is 0 Å². The van der Waals surface area contributed by atoms with Crippen molar-refractivity contribution < 1.29 is 5.11 Å². The van der Waals surface area contributed by atoms with Crippen LogP contribution in [-0.2, 0) is 6.42 Å². The van der Waals surface area contributed by atoms with E-state index in [1.165, 1.54) is 11.3 Å². The van der Waals surface area contributed by atoms with Crippen molar-refractivity contribution in [2.75, 3.05) is 30.3 Å². The van der Waals surface area contributed by atoms with Crippen LogP contribution < -0.4 is 10.6 Å². The van der Waals surface area contributed by atoms with Crippen LogP contribution in [0.5, 0.6) is 0 Å². The number of anilines is 2. The first-order chi connectivity index (χ1) is 8.11. The molecule has 0 radical (unpaired) electrons. The SMILES string of the molecule is CC(C)C1Cc2ccc(N)cc2N(CCO)C1.